The maximum atomic E-state index is 11.6. The molecular formula is C4H9F3OSi. The van der Waals surface area contributed by atoms with Crippen molar-refractivity contribution in [3.05, 3.63) is 0 Å². The van der Waals surface area contributed by atoms with Crippen LogP contribution >= 0.6 is 0 Å². The summed E-state index contributed by atoms with van der Waals surface area (Å²) >= 11 is 0. The zero-order valence-electron chi connectivity index (χ0n) is 5.33. The second kappa shape index (κ2) is 3.22. The Kier molecular flexibility index (Phi) is 3.20. The fourth-order valence-corrected chi connectivity index (χ4v) is 1.03. The molecule has 0 aromatic heterocycles. The molecule has 0 saturated heterocycles. The molecule has 0 spiro atoms. The molecule has 0 N–H and O–H groups in total. The van der Waals surface area contributed by atoms with E-state index in [1.54, 1.807) is 6.92 Å². The fourth-order valence-electron chi connectivity index (χ4n) is 0.344. The molecule has 0 saturated carbocycles. The summed E-state index contributed by atoms with van der Waals surface area (Å²) in [5.41, 5.74) is 0. The van der Waals surface area contributed by atoms with Crippen LogP contribution in [0.4, 0.5) is 13.2 Å². The van der Waals surface area contributed by atoms with Crippen LogP contribution in [0.5, 0.6) is 0 Å². The molecular weight excluding hydrogens is 149 g/mol. The molecule has 0 bridgehead atoms. The Morgan fingerprint density at radius 3 is 2.00 bits per heavy atom. The zero-order valence-corrected chi connectivity index (χ0v) is 6.48. The summed E-state index contributed by atoms with van der Waals surface area (Å²) in [6.07, 6.45) is 0. The van der Waals surface area contributed by atoms with Gasteiger partial charge in [0.25, 0.3) is 9.04 Å². The van der Waals surface area contributed by atoms with Crippen molar-refractivity contribution in [2.75, 3.05) is 6.61 Å². The smallest absolute Gasteiger partial charge is 0.385 e. The van der Waals surface area contributed by atoms with Gasteiger partial charge in [0.1, 0.15) is 0 Å². The van der Waals surface area contributed by atoms with Gasteiger partial charge in [-0.15, -0.1) is 0 Å². The number of rotatable bonds is 2. The Morgan fingerprint density at radius 1 is 1.44 bits per heavy atom. The molecule has 9 heavy (non-hydrogen) atoms. The van der Waals surface area contributed by atoms with Gasteiger partial charge in [0, 0.05) is 6.61 Å². The Hall–Kier alpha value is -0.0331. The second-order valence-electron chi connectivity index (χ2n) is 1.64. The molecule has 0 aliphatic heterocycles. The standard InChI is InChI=1S/C4H9F3OSi/c1-3-8-9(2)4(5,6)7/h9H,3H2,1-2H3. The molecule has 56 valence electrons. The first kappa shape index (κ1) is 8.97. The van der Waals surface area contributed by atoms with Crippen LogP contribution in [0.2, 0.25) is 6.55 Å². The lowest BCUT2D eigenvalue weighted by Crippen LogP contribution is -2.33. The third kappa shape index (κ3) is 3.53. The monoisotopic (exact) mass is 158 g/mol. The summed E-state index contributed by atoms with van der Waals surface area (Å²) < 4.78 is 39.1. The number of halogens is 3. The minimum absolute atomic E-state index is 0.160. The van der Waals surface area contributed by atoms with E-state index in [0.717, 1.165) is 6.55 Å². The van der Waals surface area contributed by atoms with Crippen molar-refractivity contribution in [3.8, 4) is 0 Å². The quantitative estimate of drug-likeness (QED) is 0.553. The van der Waals surface area contributed by atoms with E-state index in [-0.39, 0.29) is 6.61 Å². The molecule has 0 aromatic carbocycles. The van der Waals surface area contributed by atoms with E-state index in [1.807, 2.05) is 0 Å². The lowest BCUT2D eigenvalue weighted by atomic mass is 10.9. The predicted octanol–water partition coefficient (Wildman–Crippen LogP) is 1.48. The average molecular weight is 158 g/mol. The largest absolute Gasteiger partial charge is 0.411 e. The van der Waals surface area contributed by atoms with E-state index >= 15 is 0 Å². The minimum atomic E-state index is -4.07. The zero-order chi connectivity index (χ0) is 7.49. The van der Waals surface area contributed by atoms with Crippen LogP contribution in [0.1, 0.15) is 6.92 Å². The van der Waals surface area contributed by atoms with E-state index in [2.05, 4.69) is 4.43 Å². The van der Waals surface area contributed by atoms with Gasteiger partial charge in [0.15, 0.2) is 0 Å². The van der Waals surface area contributed by atoms with Gasteiger partial charge in [0.2, 0.25) is 0 Å². The SMILES string of the molecule is CCO[SiH](C)C(F)(F)F. The predicted molar refractivity (Wildman–Crippen MR) is 30.7 cm³/mol. The van der Waals surface area contributed by atoms with Crippen LogP contribution in [0, 0.1) is 0 Å². The molecule has 0 heterocycles. The highest BCUT2D eigenvalue weighted by Gasteiger charge is 2.38. The summed E-state index contributed by atoms with van der Waals surface area (Å²) in [4.78, 5) is 0. The molecule has 0 radical (unpaired) electrons. The van der Waals surface area contributed by atoms with Crippen molar-refractivity contribution >= 4 is 9.04 Å². The maximum Gasteiger partial charge on any atom is 0.385 e. The second-order valence-corrected chi connectivity index (χ2v) is 3.91. The fraction of sp³-hybridized carbons (Fsp3) is 1.00. The molecule has 0 rings (SSSR count). The Labute approximate surface area is 53.5 Å². The van der Waals surface area contributed by atoms with Crippen LogP contribution in [0.25, 0.3) is 0 Å². The van der Waals surface area contributed by atoms with Gasteiger partial charge in [-0.2, -0.15) is 13.2 Å². The van der Waals surface area contributed by atoms with Gasteiger partial charge in [-0.3, -0.25) is 0 Å². The molecule has 0 aromatic rings. The molecule has 0 amide bonds. The topological polar surface area (TPSA) is 9.23 Å². The van der Waals surface area contributed by atoms with E-state index in [1.165, 1.54) is 0 Å². The van der Waals surface area contributed by atoms with Gasteiger partial charge in [-0.05, 0) is 13.5 Å². The van der Waals surface area contributed by atoms with E-state index in [0.29, 0.717) is 0 Å². The lowest BCUT2D eigenvalue weighted by molar-refractivity contribution is -0.0652. The third-order valence-electron chi connectivity index (χ3n) is 0.878. The van der Waals surface area contributed by atoms with Crippen molar-refractivity contribution in [1.82, 2.24) is 0 Å². The molecule has 5 heteroatoms. The van der Waals surface area contributed by atoms with E-state index in [9.17, 15) is 13.2 Å². The Bertz CT molecular complexity index is 82.4. The molecule has 0 aliphatic carbocycles. The normalized spacial score (nSPS) is 15.7. The van der Waals surface area contributed by atoms with Gasteiger partial charge in [-0.25, -0.2) is 0 Å². The van der Waals surface area contributed by atoms with Crippen LogP contribution in [0.3, 0.4) is 0 Å². The Morgan fingerprint density at radius 2 is 1.89 bits per heavy atom. The van der Waals surface area contributed by atoms with Crippen LogP contribution in [-0.2, 0) is 4.43 Å². The van der Waals surface area contributed by atoms with E-state index in [4.69, 9.17) is 0 Å². The van der Waals surface area contributed by atoms with Crippen molar-refractivity contribution in [2.45, 2.75) is 19.3 Å². The average Bonchev–Trinajstić information content (AvgIpc) is 1.64. The molecule has 1 unspecified atom stereocenters. The van der Waals surface area contributed by atoms with Gasteiger partial charge in [0.05, 0.1) is 0 Å². The first-order valence-electron chi connectivity index (χ1n) is 2.66. The van der Waals surface area contributed by atoms with Crippen molar-refractivity contribution in [3.63, 3.8) is 0 Å². The highest BCUT2D eigenvalue weighted by Crippen LogP contribution is 2.18. The van der Waals surface area contributed by atoms with Crippen LogP contribution in [-0.4, -0.2) is 21.4 Å². The third-order valence-corrected chi connectivity index (χ3v) is 2.63. The molecule has 1 nitrogen and oxygen atoms in total. The highest BCUT2D eigenvalue weighted by molar-refractivity contribution is 6.52. The van der Waals surface area contributed by atoms with Crippen molar-refractivity contribution in [1.29, 1.82) is 0 Å². The number of hydrogen-bond acceptors (Lipinski definition) is 1. The highest BCUT2D eigenvalue weighted by atomic mass is 28.3. The van der Waals surface area contributed by atoms with Gasteiger partial charge >= 0.3 is 5.80 Å². The number of hydrogen-bond donors (Lipinski definition) is 0. The molecule has 0 fully saturated rings. The van der Waals surface area contributed by atoms with Crippen LogP contribution in [0.15, 0.2) is 0 Å². The number of alkyl halides is 3. The van der Waals surface area contributed by atoms with Crippen molar-refractivity contribution in [2.24, 2.45) is 0 Å². The first-order chi connectivity index (χ1) is 3.98. The van der Waals surface area contributed by atoms with Crippen molar-refractivity contribution < 1.29 is 17.6 Å². The summed E-state index contributed by atoms with van der Waals surface area (Å²) in [5, 5.41) is 0. The minimum Gasteiger partial charge on any atom is -0.411 e. The molecule has 1 atom stereocenters. The lowest BCUT2D eigenvalue weighted by Gasteiger charge is -2.12. The summed E-state index contributed by atoms with van der Waals surface area (Å²) in [7, 11) is -2.89. The summed E-state index contributed by atoms with van der Waals surface area (Å²) in [5.74, 6) is -4.07. The Balaban J connectivity index is 3.59. The first-order valence-corrected chi connectivity index (χ1v) is 4.87. The molecule has 0 aliphatic rings. The van der Waals surface area contributed by atoms with Gasteiger partial charge in [-0.1, -0.05) is 0 Å². The van der Waals surface area contributed by atoms with Crippen LogP contribution < -0.4 is 0 Å². The maximum absolute atomic E-state index is 11.6. The van der Waals surface area contributed by atoms with Gasteiger partial charge < -0.3 is 4.43 Å². The summed E-state index contributed by atoms with van der Waals surface area (Å²) in [6.45, 7) is 2.85. The summed E-state index contributed by atoms with van der Waals surface area (Å²) in [6, 6.07) is 0. The van der Waals surface area contributed by atoms with E-state index < -0.39 is 14.8 Å².